The zero-order chi connectivity index (χ0) is 15.7. The average molecular weight is 307 g/mol. The molecule has 118 valence electrons. The van der Waals surface area contributed by atoms with E-state index in [4.69, 9.17) is 19.3 Å². The summed E-state index contributed by atoms with van der Waals surface area (Å²) in [6.07, 6.45) is 0.303. The molecule has 1 aromatic carbocycles. The summed E-state index contributed by atoms with van der Waals surface area (Å²) in [6.45, 7) is 0.534. The first-order valence-corrected chi connectivity index (χ1v) is 7.03. The quantitative estimate of drug-likeness (QED) is 0.897. The Balaban J connectivity index is 1.81. The molecule has 1 N–H and O–H groups in total. The van der Waals surface area contributed by atoms with Crippen molar-refractivity contribution in [2.24, 2.45) is 0 Å². The number of likely N-dealkylation sites (tertiary alicyclic amines) is 1. The number of carbonyl (C=O) groups is 2. The van der Waals surface area contributed by atoms with E-state index >= 15 is 0 Å². The maximum atomic E-state index is 12.7. The van der Waals surface area contributed by atoms with Crippen molar-refractivity contribution in [3.63, 3.8) is 0 Å². The third-order valence-electron chi connectivity index (χ3n) is 4.00. The number of hydrogen-bond acceptors (Lipinski definition) is 5. The van der Waals surface area contributed by atoms with E-state index in [2.05, 4.69) is 0 Å². The van der Waals surface area contributed by atoms with Crippen LogP contribution >= 0.6 is 0 Å². The Labute approximate surface area is 127 Å². The van der Waals surface area contributed by atoms with Gasteiger partial charge in [0, 0.05) is 25.3 Å². The third kappa shape index (κ3) is 2.71. The number of ether oxygens (including phenoxy) is 3. The summed E-state index contributed by atoms with van der Waals surface area (Å²) in [7, 11) is 1.57. The summed E-state index contributed by atoms with van der Waals surface area (Å²) in [6, 6.07) is 4.61. The van der Waals surface area contributed by atoms with Gasteiger partial charge in [-0.2, -0.15) is 0 Å². The van der Waals surface area contributed by atoms with E-state index in [-0.39, 0.29) is 31.3 Å². The van der Waals surface area contributed by atoms with Gasteiger partial charge in [-0.15, -0.1) is 0 Å². The van der Waals surface area contributed by atoms with E-state index in [1.165, 1.54) is 0 Å². The molecule has 1 fully saturated rings. The van der Waals surface area contributed by atoms with Crippen LogP contribution in [0.5, 0.6) is 11.5 Å². The number of fused-ring (bicyclic) bond motifs is 1. The minimum absolute atomic E-state index is 0.0872. The van der Waals surface area contributed by atoms with Gasteiger partial charge in [0.2, 0.25) is 6.79 Å². The van der Waals surface area contributed by atoms with Crippen LogP contribution in [0.2, 0.25) is 0 Å². The number of carbonyl (C=O) groups excluding carboxylic acids is 1. The molecule has 2 atom stereocenters. The molecule has 2 aliphatic heterocycles. The molecular weight excluding hydrogens is 290 g/mol. The maximum absolute atomic E-state index is 12.7. The molecule has 7 nitrogen and oxygen atoms in total. The number of hydrogen-bond donors (Lipinski definition) is 1. The summed E-state index contributed by atoms with van der Waals surface area (Å²) in [4.78, 5) is 25.2. The van der Waals surface area contributed by atoms with Crippen molar-refractivity contribution < 1.29 is 28.9 Å². The van der Waals surface area contributed by atoms with Crippen LogP contribution in [0.1, 0.15) is 23.2 Å². The van der Waals surface area contributed by atoms with E-state index in [9.17, 15) is 9.59 Å². The number of carboxylic acids is 1. The van der Waals surface area contributed by atoms with Gasteiger partial charge in [0.1, 0.15) is 0 Å². The molecule has 0 aliphatic carbocycles. The molecule has 2 aliphatic rings. The Morgan fingerprint density at radius 3 is 2.86 bits per heavy atom. The van der Waals surface area contributed by atoms with Crippen molar-refractivity contribution in [3.8, 4) is 11.5 Å². The molecule has 0 radical (unpaired) electrons. The van der Waals surface area contributed by atoms with Crippen molar-refractivity contribution in [1.82, 2.24) is 4.90 Å². The number of amides is 1. The fourth-order valence-corrected chi connectivity index (χ4v) is 2.88. The third-order valence-corrected chi connectivity index (χ3v) is 4.00. The van der Waals surface area contributed by atoms with Crippen LogP contribution in [0.3, 0.4) is 0 Å². The second-order valence-electron chi connectivity index (χ2n) is 5.37. The molecule has 0 spiro atoms. The number of rotatable bonds is 4. The highest BCUT2D eigenvalue weighted by molar-refractivity contribution is 5.95. The van der Waals surface area contributed by atoms with E-state index < -0.39 is 5.97 Å². The van der Waals surface area contributed by atoms with Crippen LogP contribution in [0.25, 0.3) is 0 Å². The minimum atomic E-state index is -0.926. The maximum Gasteiger partial charge on any atom is 0.305 e. The molecule has 0 saturated carbocycles. The summed E-state index contributed by atoms with van der Waals surface area (Å²) >= 11 is 0. The van der Waals surface area contributed by atoms with E-state index in [1.54, 1.807) is 30.2 Å². The van der Waals surface area contributed by atoms with Crippen LogP contribution in [-0.2, 0) is 9.53 Å². The zero-order valence-corrected chi connectivity index (χ0v) is 12.2. The summed E-state index contributed by atoms with van der Waals surface area (Å²) in [5.74, 6) is -0.00714. The summed E-state index contributed by atoms with van der Waals surface area (Å²) in [5, 5.41) is 9.01. The van der Waals surface area contributed by atoms with Gasteiger partial charge in [-0.05, 0) is 24.6 Å². The molecular formula is C15H17NO6. The molecule has 0 bridgehead atoms. The number of methoxy groups -OCH3 is 1. The largest absolute Gasteiger partial charge is 0.481 e. The lowest BCUT2D eigenvalue weighted by molar-refractivity contribution is -0.137. The first kappa shape index (κ1) is 14.6. The average Bonchev–Trinajstić information content (AvgIpc) is 3.11. The van der Waals surface area contributed by atoms with Crippen molar-refractivity contribution >= 4 is 11.9 Å². The lowest BCUT2D eigenvalue weighted by Crippen LogP contribution is -2.37. The van der Waals surface area contributed by atoms with Crippen molar-refractivity contribution in [3.05, 3.63) is 23.8 Å². The van der Waals surface area contributed by atoms with Crippen molar-refractivity contribution in [2.45, 2.75) is 25.0 Å². The van der Waals surface area contributed by atoms with Crippen LogP contribution in [0.15, 0.2) is 18.2 Å². The Hall–Kier alpha value is -2.28. The summed E-state index contributed by atoms with van der Waals surface area (Å²) in [5.41, 5.74) is 0.455. The van der Waals surface area contributed by atoms with Gasteiger partial charge in [-0.1, -0.05) is 0 Å². The van der Waals surface area contributed by atoms with Crippen LogP contribution < -0.4 is 9.47 Å². The standard InChI is InChI=1S/C15H17NO6/c1-20-11-5-10(6-14(17)18)16(7-11)15(19)9-2-3-12-13(4-9)22-8-21-12/h2-4,10-11H,5-8H2,1H3,(H,17,18). The number of benzene rings is 1. The Morgan fingerprint density at radius 2 is 2.14 bits per heavy atom. The molecule has 2 heterocycles. The van der Waals surface area contributed by atoms with Crippen LogP contribution in [-0.4, -0.2) is 54.5 Å². The van der Waals surface area contributed by atoms with Gasteiger partial charge in [0.25, 0.3) is 5.91 Å². The second kappa shape index (κ2) is 5.84. The van der Waals surface area contributed by atoms with Gasteiger partial charge in [0.05, 0.1) is 12.5 Å². The Kier molecular flexibility index (Phi) is 3.89. The van der Waals surface area contributed by atoms with Gasteiger partial charge in [-0.3, -0.25) is 9.59 Å². The molecule has 1 amide bonds. The molecule has 7 heteroatoms. The molecule has 1 saturated heterocycles. The monoisotopic (exact) mass is 307 g/mol. The van der Waals surface area contributed by atoms with Crippen LogP contribution in [0, 0.1) is 0 Å². The fourth-order valence-electron chi connectivity index (χ4n) is 2.88. The first-order chi connectivity index (χ1) is 10.6. The smallest absolute Gasteiger partial charge is 0.305 e. The summed E-state index contributed by atoms with van der Waals surface area (Å²) < 4.78 is 15.8. The van der Waals surface area contributed by atoms with Gasteiger partial charge < -0.3 is 24.2 Å². The lowest BCUT2D eigenvalue weighted by atomic mass is 10.1. The molecule has 0 aromatic heterocycles. The Morgan fingerprint density at radius 1 is 1.36 bits per heavy atom. The van der Waals surface area contributed by atoms with Crippen LogP contribution in [0.4, 0.5) is 0 Å². The topological polar surface area (TPSA) is 85.3 Å². The molecule has 2 unspecified atom stereocenters. The predicted molar refractivity (Wildman–Crippen MR) is 75.1 cm³/mol. The number of aliphatic carboxylic acids is 1. The van der Waals surface area contributed by atoms with E-state index in [0.717, 1.165) is 0 Å². The van der Waals surface area contributed by atoms with E-state index in [1.807, 2.05) is 0 Å². The Bertz CT molecular complexity index is 602. The minimum Gasteiger partial charge on any atom is -0.481 e. The normalized spacial score (nSPS) is 22.9. The lowest BCUT2D eigenvalue weighted by Gasteiger charge is -2.23. The molecule has 22 heavy (non-hydrogen) atoms. The van der Waals surface area contributed by atoms with Gasteiger partial charge >= 0.3 is 5.97 Å². The highest BCUT2D eigenvalue weighted by Gasteiger charge is 2.37. The number of carboxylic acid groups (broad SMARTS) is 1. The number of nitrogens with zero attached hydrogens (tertiary/aromatic N) is 1. The van der Waals surface area contributed by atoms with Gasteiger partial charge in [0.15, 0.2) is 11.5 Å². The predicted octanol–water partition coefficient (Wildman–Crippen LogP) is 1.12. The van der Waals surface area contributed by atoms with Gasteiger partial charge in [-0.25, -0.2) is 0 Å². The molecule has 1 aromatic rings. The van der Waals surface area contributed by atoms with Crippen molar-refractivity contribution in [2.75, 3.05) is 20.4 Å². The SMILES string of the molecule is COC1CC(CC(=O)O)N(C(=O)c2ccc3c(c2)OCO3)C1. The van der Waals surface area contributed by atoms with E-state index in [0.29, 0.717) is 30.0 Å². The highest BCUT2D eigenvalue weighted by Crippen LogP contribution is 2.33. The first-order valence-electron chi connectivity index (χ1n) is 7.03. The zero-order valence-electron chi connectivity index (χ0n) is 12.2. The molecule has 3 rings (SSSR count). The van der Waals surface area contributed by atoms with Crippen molar-refractivity contribution in [1.29, 1.82) is 0 Å². The fraction of sp³-hybridized carbons (Fsp3) is 0.467. The second-order valence-corrected chi connectivity index (χ2v) is 5.37. The highest BCUT2D eigenvalue weighted by atomic mass is 16.7.